The van der Waals surface area contributed by atoms with Crippen LogP contribution in [0.5, 0.6) is 5.75 Å². The molecule has 0 atom stereocenters. The summed E-state index contributed by atoms with van der Waals surface area (Å²) in [6.07, 6.45) is 0.940. The van der Waals surface area contributed by atoms with Crippen molar-refractivity contribution in [3.05, 3.63) is 53.6 Å². The first-order chi connectivity index (χ1) is 13.1. The minimum atomic E-state index is -0.122. The van der Waals surface area contributed by atoms with E-state index in [1.165, 1.54) is 11.3 Å². The van der Waals surface area contributed by atoms with Gasteiger partial charge in [0.15, 0.2) is 0 Å². The molecule has 0 bridgehead atoms. The molecule has 27 heavy (non-hydrogen) atoms. The van der Waals surface area contributed by atoms with Gasteiger partial charge < -0.3 is 19.9 Å². The molecule has 1 fully saturated rings. The molecule has 1 saturated heterocycles. The zero-order valence-electron chi connectivity index (χ0n) is 16.5. The number of rotatable bonds is 6. The number of amides is 1. The molecule has 5 heteroatoms. The molecule has 5 nitrogen and oxygen atoms in total. The molecule has 0 unspecified atom stereocenters. The molecule has 1 N–H and O–H groups in total. The van der Waals surface area contributed by atoms with Crippen molar-refractivity contribution >= 4 is 17.3 Å². The van der Waals surface area contributed by atoms with E-state index in [0.717, 1.165) is 44.0 Å². The summed E-state index contributed by atoms with van der Waals surface area (Å²) in [5.74, 6) is 0.606. The fraction of sp³-hybridized carbons (Fsp3) is 0.409. The van der Waals surface area contributed by atoms with Crippen molar-refractivity contribution in [2.45, 2.75) is 20.3 Å². The van der Waals surface area contributed by atoms with Gasteiger partial charge in [-0.1, -0.05) is 13.0 Å². The van der Waals surface area contributed by atoms with E-state index in [1.54, 1.807) is 12.1 Å². The highest BCUT2D eigenvalue weighted by atomic mass is 16.5. The number of piperazine rings is 1. The lowest BCUT2D eigenvalue weighted by Gasteiger charge is -2.35. The lowest BCUT2D eigenvalue weighted by Crippen LogP contribution is -2.44. The maximum Gasteiger partial charge on any atom is 0.255 e. The molecule has 1 aliphatic heterocycles. The van der Waals surface area contributed by atoms with Crippen molar-refractivity contribution < 1.29 is 9.53 Å². The molecule has 0 aromatic heterocycles. The zero-order valence-corrected chi connectivity index (χ0v) is 16.5. The van der Waals surface area contributed by atoms with Gasteiger partial charge in [0.25, 0.3) is 5.91 Å². The average Bonchev–Trinajstić information content (AvgIpc) is 2.67. The summed E-state index contributed by atoms with van der Waals surface area (Å²) < 4.78 is 5.62. The van der Waals surface area contributed by atoms with Crippen molar-refractivity contribution in [2.24, 2.45) is 0 Å². The van der Waals surface area contributed by atoms with Crippen LogP contribution < -0.4 is 15.0 Å². The first kappa shape index (κ1) is 19.2. The molecular weight excluding hydrogens is 338 g/mol. The Labute approximate surface area is 161 Å². The van der Waals surface area contributed by atoms with Crippen LogP contribution in [0.2, 0.25) is 0 Å². The topological polar surface area (TPSA) is 44.8 Å². The second-order valence-electron chi connectivity index (χ2n) is 7.12. The van der Waals surface area contributed by atoms with E-state index < -0.39 is 0 Å². The Balaban J connectivity index is 1.67. The predicted molar refractivity (Wildman–Crippen MR) is 111 cm³/mol. The lowest BCUT2D eigenvalue weighted by atomic mass is 10.1. The Morgan fingerprint density at radius 2 is 1.89 bits per heavy atom. The van der Waals surface area contributed by atoms with Crippen molar-refractivity contribution in [3.63, 3.8) is 0 Å². The molecule has 0 spiro atoms. The Morgan fingerprint density at radius 1 is 1.11 bits per heavy atom. The van der Waals surface area contributed by atoms with Crippen molar-refractivity contribution in [3.8, 4) is 5.75 Å². The number of nitrogens with zero attached hydrogens (tertiary/aromatic N) is 2. The summed E-state index contributed by atoms with van der Waals surface area (Å²) in [5.41, 5.74) is 3.84. The molecule has 2 aromatic rings. The summed E-state index contributed by atoms with van der Waals surface area (Å²) in [5, 5.41) is 3.00. The molecule has 144 valence electrons. The number of hydrogen-bond donors (Lipinski definition) is 1. The van der Waals surface area contributed by atoms with Crippen molar-refractivity contribution in [1.29, 1.82) is 0 Å². The fourth-order valence-corrected chi connectivity index (χ4v) is 3.29. The van der Waals surface area contributed by atoms with Gasteiger partial charge in [-0.05, 0) is 62.4 Å². The van der Waals surface area contributed by atoms with Crippen LogP contribution in [-0.2, 0) is 0 Å². The van der Waals surface area contributed by atoms with Gasteiger partial charge in [0.2, 0.25) is 0 Å². The van der Waals surface area contributed by atoms with Gasteiger partial charge in [0.05, 0.1) is 6.61 Å². The average molecular weight is 367 g/mol. The van der Waals surface area contributed by atoms with Crippen LogP contribution in [0.3, 0.4) is 0 Å². The van der Waals surface area contributed by atoms with E-state index in [-0.39, 0.29) is 5.91 Å². The lowest BCUT2D eigenvalue weighted by molar-refractivity contribution is 0.102. The van der Waals surface area contributed by atoms with Crippen LogP contribution in [0.4, 0.5) is 11.4 Å². The van der Waals surface area contributed by atoms with E-state index in [9.17, 15) is 4.79 Å². The third-order valence-electron chi connectivity index (χ3n) is 4.87. The third kappa shape index (κ3) is 5.01. The molecule has 1 amide bonds. The zero-order chi connectivity index (χ0) is 19.2. The Morgan fingerprint density at radius 3 is 2.59 bits per heavy atom. The molecule has 1 heterocycles. The highest BCUT2D eigenvalue weighted by molar-refractivity contribution is 6.04. The van der Waals surface area contributed by atoms with Crippen LogP contribution in [0.25, 0.3) is 0 Å². The number of carbonyl (C=O) groups is 1. The molecule has 3 rings (SSSR count). The first-order valence-electron chi connectivity index (χ1n) is 9.65. The quantitative estimate of drug-likeness (QED) is 0.844. The smallest absolute Gasteiger partial charge is 0.255 e. The van der Waals surface area contributed by atoms with Gasteiger partial charge >= 0.3 is 0 Å². The van der Waals surface area contributed by atoms with Gasteiger partial charge in [0.1, 0.15) is 5.75 Å². The predicted octanol–water partition coefficient (Wildman–Crippen LogP) is 3.79. The second-order valence-corrected chi connectivity index (χ2v) is 7.12. The number of hydrogen-bond acceptors (Lipinski definition) is 4. The highest BCUT2D eigenvalue weighted by Crippen LogP contribution is 2.25. The van der Waals surface area contributed by atoms with E-state index in [1.807, 2.05) is 24.3 Å². The van der Waals surface area contributed by atoms with E-state index in [4.69, 9.17) is 4.74 Å². The van der Waals surface area contributed by atoms with Crippen LogP contribution in [0.1, 0.15) is 29.3 Å². The maximum absolute atomic E-state index is 12.6. The molecular formula is C22H29N3O2. The van der Waals surface area contributed by atoms with Gasteiger partial charge in [-0.2, -0.15) is 0 Å². The summed E-state index contributed by atoms with van der Waals surface area (Å²) in [6, 6.07) is 13.5. The van der Waals surface area contributed by atoms with E-state index in [0.29, 0.717) is 12.2 Å². The van der Waals surface area contributed by atoms with Gasteiger partial charge in [-0.3, -0.25) is 4.79 Å². The second kappa shape index (κ2) is 8.91. The Hall–Kier alpha value is -2.53. The summed E-state index contributed by atoms with van der Waals surface area (Å²) in [4.78, 5) is 17.3. The molecule has 0 saturated carbocycles. The molecule has 2 aromatic carbocycles. The Bertz CT molecular complexity index is 783. The number of aryl methyl sites for hydroxylation is 1. The molecule has 0 aliphatic carbocycles. The number of anilines is 2. The van der Waals surface area contributed by atoms with Crippen LogP contribution in [-0.4, -0.2) is 50.6 Å². The van der Waals surface area contributed by atoms with Gasteiger partial charge in [-0.15, -0.1) is 0 Å². The van der Waals surface area contributed by atoms with Crippen LogP contribution >= 0.6 is 0 Å². The van der Waals surface area contributed by atoms with Crippen molar-refractivity contribution in [1.82, 2.24) is 4.90 Å². The van der Waals surface area contributed by atoms with Crippen LogP contribution in [0.15, 0.2) is 42.5 Å². The molecule has 0 radical (unpaired) electrons. The number of carbonyl (C=O) groups excluding carboxylic acids is 1. The standard InChI is InChI=1S/C22H29N3O2/c1-4-14-27-20-7-5-6-18(16-20)22(26)23-19-8-9-21(17(2)15-19)25-12-10-24(3)11-13-25/h5-9,15-16H,4,10-14H2,1-3H3,(H,23,26). The molecule has 1 aliphatic rings. The van der Waals surface area contributed by atoms with Crippen molar-refractivity contribution in [2.75, 3.05) is 50.1 Å². The first-order valence-corrected chi connectivity index (χ1v) is 9.65. The summed E-state index contributed by atoms with van der Waals surface area (Å²) in [7, 11) is 2.16. The summed E-state index contributed by atoms with van der Waals surface area (Å²) >= 11 is 0. The minimum Gasteiger partial charge on any atom is -0.494 e. The van der Waals surface area contributed by atoms with Gasteiger partial charge in [0, 0.05) is 43.1 Å². The number of benzene rings is 2. The largest absolute Gasteiger partial charge is 0.494 e. The monoisotopic (exact) mass is 367 g/mol. The summed E-state index contributed by atoms with van der Waals surface area (Å²) in [6.45, 7) is 9.04. The third-order valence-corrected chi connectivity index (χ3v) is 4.87. The van der Waals surface area contributed by atoms with E-state index >= 15 is 0 Å². The Kier molecular flexibility index (Phi) is 6.35. The minimum absolute atomic E-state index is 0.122. The normalized spacial score (nSPS) is 14.9. The number of nitrogens with one attached hydrogen (secondary N) is 1. The van der Waals surface area contributed by atoms with E-state index in [2.05, 4.69) is 42.1 Å². The maximum atomic E-state index is 12.6. The highest BCUT2D eigenvalue weighted by Gasteiger charge is 2.16. The SMILES string of the molecule is CCCOc1cccc(C(=O)Nc2ccc(N3CCN(C)CC3)c(C)c2)c1. The van der Waals surface area contributed by atoms with Gasteiger partial charge in [-0.25, -0.2) is 0 Å². The number of likely N-dealkylation sites (N-methyl/N-ethyl adjacent to an activating group) is 1. The fourth-order valence-electron chi connectivity index (χ4n) is 3.29. The number of ether oxygens (including phenoxy) is 1. The van der Waals surface area contributed by atoms with Crippen LogP contribution in [0, 0.1) is 6.92 Å².